The predicted molar refractivity (Wildman–Crippen MR) is 68.4 cm³/mol. The minimum Gasteiger partial charge on any atom is -0.300 e. The fourth-order valence-corrected chi connectivity index (χ4v) is 2.57. The first kappa shape index (κ1) is 11.1. The maximum absolute atomic E-state index is 12.4. The summed E-state index contributed by atoms with van der Waals surface area (Å²) in [5.74, 6) is 0.148. The molecule has 1 unspecified atom stereocenters. The Kier molecular flexibility index (Phi) is 2.67. The van der Waals surface area contributed by atoms with Crippen LogP contribution in [0.15, 0.2) is 36.5 Å². The van der Waals surface area contributed by atoms with Gasteiger partial charge in [0.05, 0.1) is 5.52 Å². The number of ketones is 2. The lowest BCUT2D eigenvalue weighted by molar-refractivity contribution is -0.117. The summed E-state index contributed by atoms with van der Waals surface area (Å²) in [5, 5.41) is 0.879. The smallest absolute Gasteiger partial charge is 0.167 e. The standard InChI is InChI=1S/C15H13NO2/c17-11-6-5-10(9-11)15(18)13-7-8-16-14-4-2-1-3-12(13)14/h1-4,7-8,10H,5-6,9H2. The van der Waals surface area contributed by atoms with E-state index in [1.807, 2.05) is 24.3 Å². The second kappa shape index (κ2) is 4.33. The van der Waals surface area contributed by atoms with Crippen LogP contribution in [-0.4, -0.2) is 16.6 Å². The fourth-order valence-electron chi connectivity index (χ4n) is 2.57. The van der Waals surface area contributed by atoms with Gasteiger partial charge in [-0.2, -0.15) is 0 Å². The molecule has 1 saturated carbocycles. The number of carbonyl (C=O) groups is 2. The molecule has 0 amide bonds. The molecule has 3 nitrogen and oxygen atoms in total. The van der Waals surface area contributed by atoms with Gasteiger partial charge in [0.25, 0.3) is 0 Å². The van der Waals surface area contributed by atoms with E-state index in [1.54, 1.807) is 12.3 Å². The van der Waals surface area contributed by atoms with Crippen molar-refractivity contribution >= 4 is 22.5 Å². The molecule has 1 aliphatic rings. The molecule has 0 saturated heterocycles. The van der Waals surface area contributed by atoms with Crippen molar-refractivity contribution < 1.29 is 9.59 Å². The molecular formula is C15H13NO2. The summed E-state index contributed by atoms with van der Waals surface area (Å²) >= 11 is 0. The summed E-state index contributed by atoms with van der Waals surface area (Å²) in [4.78, 5) is 28.0. The van der Waals surface area contributed by atoms with Crippen molar-refractivity contribution in [3.05, 3.63) is 42.1 Å². The molecule has 1 fully saturated rings. The number of Topliss-reactive ketones (excluding diaryl/α,β-unsaturated/α-hetero) is 2. The number of nitrogens with zero attached hydrogens (tertiary/aromatic N) is 1. The Labute approximate surface area is 105 Å². The monoisotopic (exact) mass is 239 g/mol. The molecule has 1 aromatic heterocycles. The fraction of sp³-hybridized carbons (Fsp3) is 0.267. The van der Waals surface area contributed by atoms with E-state index in [4.69, 9.17) is 0 Å². The van der Waals surface area contributed by atoms with Crippen LogP contribution in [0, 0.1) is 5.92 Å². The number of fused-ring (bicyclic) bond motifs is 1. The Morgan fingerprint density at radius 2 is 2.06 bits per heavy atom. The van der Waals surface area contributed by atoms with E-state index in [0.29, 0.717) is 24.8 Å². The summed E-state index contributed by atoms with van der Waals surface area (Å²) < 4.78 is 0. The first-order valence-electron chi connectivity index (χ1n) is 6.15. The molecule has 90 valence electrons. The van der Waals surface area contributed by atoms with Crippen molar-refractivity contribution in [2.75, 3.05) is 0 Å². The third kappa shape index (κ3) is 1.82. The van der Waals surface area contributed by atoms with Crippen LogP contribution in [-0.2, 0) is 4.79 Å². The van der Waals surface area contributed by atoms with Gasteiger partial charge in [-0.3, -0.25) is 14.6 Å². The van der Waals surface area contributed by atoms with Crippen LogP contribution in [0.1, 0.15) is 29.6 Å². The van der Waals surface area contributed by atoms with Crippen LogP contribution >= 0.6 is 0 Å². The van der Waals surface area contributed by atoms with Gasteiger partial charge in [-0.15, -0.1) is 0 Å². The molecule has 1 aliphatic carbocycles. The minimum atomic E-state index is -0.136. The van der Waals surface area contributed by atoms with E-state index in [1.165, 1.54) is 0 Å². The van der Waals surface area contributed by atoms with Crippen molar-refractivity contribution in [1.29, 1.82) is 0 Å². The number of para-hydroxylation sites is 1. The molecule has 1 heterocycles. The minimum absolute atomic E-state index is 0.0828. The molecule has 0 radical (unpaired) electrons. The molecular weight excluding hydrogens is 226 g/mol. The Bertz CT molecular complexity index is 628. The number of carbonyl (C=O) groups excluding carboxylic acids is 2. The predicted octanol–water partition coefficient (Wildman–Crippen LogP) is 2.79. The van der Waals surface area contributed by atoms with Crippen LogP contribution in [0.5, 0.6) is 0 Å². The second-order valence-electron chi connectivity index (χ2n) is 4.72. The molecule has 2 aromatic rings. The maximum atomic E-state index is 12.4. The highest BCUT2D eigenvalue weighted by molar-refractivity contribution is 6.09. The molecule has 0 N–H and O–H groups in total. The van der Waals surface area contributed by atoms with Gasteiger partial charge in [0.1, 0.15) is 5.78 Å². The quantitative estimate of drug-likeness (QED) is 0.757. The Morgan fingerprint density at radius 1 is 1.22 bits per heavy atom. The summed E-state index contributed by atoms with van der Waals surface area (Å²) in [6.07, 6.45) is 3.29. The first-order chi connectivity index (χ1) is 8.75. The zero-order valence-electron chi connectivity index (χ0n) is 9.93. The van der Waals surface area contributed by atoms with E-state index in [9.17, 15) is 9.59 Å². The van der Waals surface area contributed by atoms with Crippen LogP contribution in [0.2, 0.25) is 0 Å². The van der Waals surface area contributed by atoms with Crippen molar-refractivity contribution in [2.45, 2.75) is 19.3 Å². The van der Waals surface area contributed by atoms with Crippen LogP contribution < -0.4 is 0 Å². The number of pyridine rings is 1. The number of rotatable bonds is 2. The molecule has 0 spiro atoms. The highest BCUT2D eigenvalue weighted by Gasteiger charge is 2.29. The van der Waals surface area contributed by atoms with E-state index in [0.717, 1.165) is 10.9 Å². The van der Waals surface area contributed by atoms with Crippen LogP contribution in [0.25, 0.3) is 10.9 Å². The average molecular weight is 239 g/mol. The van der Waals surface area contributed by atoms with Gasteiger partial charge in [0.2, 0.25) is 0 Å². The SMILES string of the molecule is O=C1CCC(C(=O)c2ccnc3ccccc23)C1. The Hall–Kier alpha value is -2.03. The van der Waals surface area contributed by atoms with Crippen LogP contribution in [0.4, 0.5) is 0 Å². The lowest BCUT2D eigenvalue weighted by Crippen LogP contribution is -2.12. The highest BCUT2D eigenvalue weighted by atomic mass is 16.1. The lowest BCUT2D eigenvalue weighted by Gasteiger charge is -2.09. The van der Waals surface area contributed by atoms with Crippen molar-refractivity contribution in [3.8, 4) is 0 Å². The Morgan fingerprint density at radius 3 is 2.83 bits per heavy atom. The number of benzene rings is 1. The number of hydrogen-bond donors (Lipinski definition) is 0. The summed E-state index contributed by atoms with van der Waals surface area (Å²) in [5.41, 5.74) is 1.52. The molecule has 3 heteroatoms. The maximum Gasteiger partial charge on any atom is 0.167 e. The Balaban J connectivity index is 2.04. The van der Waals surface area contributed by atoms with E-state index < -0.39 is 0 Å². The van der Waals surface area contributed by atoms with E-state index in [2.05, 4.69) is 4.98 Å². The molecule has 18 heavy (non-hydrogen) atoms. The number of hydrogen-bond acceptors (Lipinski definition) is 3. The van der Waals surface area contributed by atoms with Crippen molar-refractivity contribution in [3.63, 3.8) is 0 Å². The molecule has 0 bridgehead atoms. The van der Waals surface area contributed by atoms with E-state index in [-0.39, 0.29) is 17.5 Å². The summed E-state index contributed by atoms with van der Waals surface area (Å²) in [6.45, 7) is 0. The van der Waals surface area contributed by atoms with Crippen LogP contribution in [0.3, 0.4) is 0 Å². The lowest BCUT2D eigenvalue weighted by atomic mass is 9.94. The normalized spacial score (nSPS) is 19.3. The topological polar surface area (TPSA) is 47.0 Å². The average Bonchev–Trinajstić information content (AvgIpc) is 2.84. The highest BCUT2D eigenvalue weighted by Crippen LogP contribution is 2.28. The van der Waals surface area contributed by atoms with Gasteiger partial charge in [-0.1, -0.05) is 18.2 Å². The van der Waals surface area contributed by atoms with Crippen molar-refractivity contribution in [1.82, 2.24) is 4.98 Å². The van der Waals surface area contributed by atoms with Gasteiger partial charge in [0, 0.05) is 35.9 Å². The molecule has 1 atom stereocenters. The second-order valence-corrected chi connectivity index (χ2v) is 4.72. The molecule has 1 aromatic carbocycles. The largest absolute Gasteiger partial charge is 0.300 e. The summed E-state index contributed by atoms with van der Waals surface area (Å²) in [6, 6.07) is 9.37. The first-order valence-corrected chi connectivity index (χ1v) is 6.15. The van der Waals surface area contributed by atoms with Gasteiger partial charge < -0.3 is 0 Å². The zero-order chi connectivity index (χ0) is 12.5. The zero-order valence-corrected chi connectivity index (χ0v) is 9.93. The molecule has 0 aliphatic heterocycles. The third-order valence-electron chi connectivity index (χ3n) is 3.53. The molecule has 3 rings (SSSR count). The van der Waals surface area contributed by atoms with E-state index >= 15 is 0 Å². The van der Waals surface area contributed by atoms with Gasteiger partial charge in [-0.25, -0.2) is 0 Å². The number of aromatic nitrogens is 1. The summed E-state index contributed by atoms with van der Waals surface area (Å²) in [7, 11) is 0. The third-order valence-corrected chi connectivity index (χ3v) is 3.53. The van der Waals surface area contributed by atoms with Gasteiger partial charge >= 0.3 is 0 Å². The van der Waals surface area contributed by atoms with Gasteiger partial charge in [0.15, 0.2) is 5.78 Å². The van der Waals surface area contributed by atoms with Gasteiger partial charge in [-0.05, 0) is 18.6 Å². The van der Waals surface area contributed by atoms with Crippen molar-refractivity contribution in [2.24, 2.45) is 5.92 Å².